The average Bonchev–Trinajstić information content (AvgIpc) is 2.60. The van der Waals surface area contributed by atoms with E-state index in [9.17, 15) is 0 Å². The molecule has 1 saturated heterocycles. The second-order valence-electron chi connectivity index (χ2n) is 5.56. The van der Waals surface area contributed by atoms with Crippen molar-refractivity contribution in [1.82, 2.24) is 0 Å². The van der Waals surface area contributed by atoms with Gasteiger partial charge in [0.2, 0.25) is 0 Å². The standard InChI is InChI=1S/C10H19BO/c1-9(2)7-6-8(7)11(5)12-10(9,3)4/h7-8H,6H2,1-5H3. The largest absolute Gasteiger partial charge is 0.431 e. The fourth-order valence-electron chi connectivity index (χ4n) is 2.71. The first-order valence-corrected chi connectivity index (χ1v) is 5.04. The summed E-state index contributed by atoms with van der Waals surface area (Å²) in [5.74, 6) is 1.77. The lowest BCUT2D eigenvalue weighted by Crippen LogP contribution is -2.50. The number of hydrogen-bond acceptors (Lipinski definition) is 1. The molecule has 2 fully saturated rings. The van der Waals surface area contributed by atoms with Crippen LogP contribution in [0.15, 0.2) is 0 Å². The minimum atomic E-state index is 0.0596. The molecule has 2 rings (SSSR count). The van der Waals surface area contributed by atoms with Crippen molar-refractivity contribution in [2.45, 2.75) is 52.4 Å². The van der Waals surface area contributed by atoms with Crippen molar-refractivity contribution in [3.8, 4) is 0 Å². The van der Waals surface area contributed by atoms with Crippen molar-refractivity contribution in [3.63, 3.8) is 0 Å². The fraction of sp³-hybridized carbons (Fsp3) is 1.00. The van der Waals surface area contributed by atoms with Gasteiger partial charge in [-0.05, 0) is 31.0 Å². The van der Waals surface area contributed by atoms with Crippen LogP contribution in [0.5, 0.6) is 0 Å². The molecule has 0 bridgehead atoms. The minimum absolute atomic E-state index is 0.0596. The molecule has 0 N–H and O–H groups in total. The van der Waals surface area contributed by atoms with Gasteiger partial charge in [-0.15, -0.1) is 0 Å². The second kappa shape index (κ2) is 2.09. The first-order chi connectivity index (χ1) is 5.36. The van der Waals surface area contributed by atoms with Gasteiger partial charge >= 0.3 is 0 Å². The van der Waals surface area contributed by atoms with Crippen LogP contribution in [0.4, 0.5) is 0 Å². The molecule has 0 amide bonds. The van der Waals surface area contributed by atoms with Crippen LogP contribution in [0, 0.1) is 11.3 Å². The van der Waals surface area contributed by atoms with Gasteiger partial charge in [0.25, 0.3) is 6.92 Å². The molecular formula is C10H19BO. The van der Waals surface area contributed by atoms with Gasteiger partial charge in [0.05, 0.1) is 5.60 Å². The van der Waals surface area contributed by atoms with Crippen molar-refractivity contribution in [2.75, 3.05) is 0 Å². The van der Waals surface area contributed by atoms with E-state index in [0.717, 1.165) is 11.7 Å². The molecule has 0 radical (unpaired) electrons. The summed E-state index contributed by atoms with van der Waals surface area (Å²) in [7, 11) is 0. The highest BCUT2D eigenvalue weighted by molar-refractivity contribution is 6.53. The summed E-state index contributed by atoms with van der Waals surface area (Å²) in [6.07, 6.45) is 1.39. The maximum Gasteiger partial charge on any atom is 0.294 e. The molecule has 1 saturated carbocycles. The lowest BCUT2D eigenvalue weighted by molar-refractivity contribution is -0.0412. The van der Waals surface area contributed by atoms with E-state index < -0.39 is 0 Å². The zero-order chi connectivity index (χ0) is 9.15. The maximum atomic E-state index is 6.04. The summed E-state index contributed by atoms with van der Waals surface area (Å²) in [5, 5.41) is 0. The Bertz CT molecular complexity index is 210. The van der Waals surface area contributed by atoms with Crippen LogP contribution in [0.1, 0.15) is 34.1 Å². The third kappa shape index (κ3) is 0.906. The van der Waals surface area contributed by atoms with Crippen LogP contribution in [0.2, 0.25) is 12.6 Å². The van der Waals surface area contributed by atoms with Crippen molar-refractivity contribution in [2.24, 2.45) is 11.3 Å². The number of hydrogen-bond donors (Lipinski definition) is 0. The SMILES string of the molecule is CB1OC(C)(C)C(C)(C)C2CC12. The predicted molar refractivity (Wildman–Crippen MR) is 52.4 cm³/mol. The highest BCUT2D eigenvalue weighted by Crippen LogP contribution is 2.65. The molecule has 0 spiro atoms. The second-order valence-corrected chi connectivity index (χ2v) is 5.56. The van der Waals surface area contributed by atoms with Crippen LogP contribution < -0.4 is 0 Å². The molecule has 2 unspecified atom stereocenters. The van der Waals surface area contributed by atoms with Gasteiger partial charge < -0.3 is 4.65 Å². The van der Waals surface area contributed by atoms with Crippen LogP contribution >= 0.6 is 0 Å². The highest BCUT2D eigenvalue weighted by atomic mass is 16.5. The van der Waals surface area contributed by atoms with E-state index in [1.165, 1.54) is 6.42 Å². The Hall–Kier alpha value is 0.0249. The summed E-state index contributed by atoms with van der Waals surface area (Å²) in [6.45, 7) is 11.9. The predicted octanol–water partition coefficient (Wildman–Crippen LogP) is 2.83. The molecule has 1 nitrogen and oxygen atoms in total. The summed E-state index contributed by atoms with van der Waals surface area (Å²) < 4.78 is 6.04. The smallest absolute Gasteiger partial charge is 0.294 e. The first kappa shape index (κ1) is 8.62. The third-order valence-corrected chi connectivity index (χ3v) is 4.40. The van der Waals surface area contributed by atoms with Gasteiger partial charge in [0, 0.05) is 0 Å². The van der Waals surface area contributed by atoms with Crippen LogP contribution in [0.25, 0.3) is 0 Å². The van der Waals surface area contributed by atoms with Crippen molar-refractivity contribution < 1.29 is 4.65 Å². The van der Waals surface area contributed by atoms with E-state index in [1.54, 1.807) is 0 Å². The molecule has 1 heterocycles. The van der Waals surface area contributed by atoms with Gasteiger partial charge in [0.1, 0.15) is 0 Å². The van der Waals surface area contributed by atoms with E-state index in [0.29, 0.717) is 12.3 Å². The Morgan fingerprint density at radius 1 is 1.25 bits per heavy atom. The molecule has 1 aliphatic heterocycles. The molecule has 0 aromatic carbocycles. The Balaban J connectivity index is 2.26. The van der Waals surface area contributed by atoms with Crippen LogP contribution in [-0.2, 0) is 4.65 Å². The lowest BCUT2D eigenvalue weighted by Gasteiger charge is -2.47. The lowest BCUT2D eigenvalue weighted by atomic mass is 9.55. The zero-order valence-corrected chi connectivity index (χ0v) is 8.85. The van der Waals surface area contributed by atoms with Crippen molar-refractivity contribution in [3.05, 3.63) is 0 Å². The fourth-order valence-corrected chi connectivity index (χ4v) is 2.71. The minimum Gasteiger partial charge on any atom is -0.431 e. The Kier molecular flexibility index (Phi) is 1.50. The average molecular weight is 166 g/mol. The van der Waals surface area contributed by atoms with Crippen molar-refractivity contribution >= 4 is 6.92 Å². The van der Waals surface area contributed by atoms with E-state index in [2.05, 4.69) is 34.5 Å². The molecular weight excluding hydrogens is 147 g/mol. The summed E-state index contributed by atoms with van der Waals surface area (Å²) in [4.78, 5) is 0. The highest BCUT2D eigenvalue weighted by Gasteiger charge is 2.62. The molecule has 68 valence electrons. The summed E-state index contributed by atoms with van der Waals surface area (Å²) >= 11 is 0. The Morgan fingerprint density at radius 2 is 1.83 bits per heavy atom. The van der Waals surface area contributed by atoms with Crippen molar-refractivity contribution in [1.29, 1.82) is 0 Å². The third-order valence-electron chi connectivity index (χ3n) is 4.40. The molecule has 0 aromatic rings. The van der Waals surface area contributed by atoms with Gasteiger partial charge in [-0.2, -0.15) is 0 Å². The molecule has 0 aromatic heterocycles. The topological polar surface area (TPSA) is 9.23 Å². The quantitative estimate of drug-likeness (QED) is 0.502. The molecule has 2 heteroatoms. The number of rotatable bonds is 0. The van der Waals surface area contributed by atoms with E-state index in [-0.39, 0.29) is 5.60 Å². The van der Waals surface area contributed by atoms with Gasteiger partial charge in [0.15, 0.2) is 0 Å². The maximum absolute atomic E-state index is 6.04. The van der Waals surface area contributed by atoms with E-state index in [4.69, 9.17) is 4.65 Å². The molecule has 1 aliphatic carbocycles. The molecule has 2 atom stereocenters. The first-order valence-electron chi connectivity index (χ1n) is 5.04. The van der Waals surface area contributed by atoms with E-state index in [1.807, 2.05) is 0 Å². The summed E-state index contributed by atoms with van der Waals surface area (Å²) in [5.41, 5.74) is 0.425. The van der Waals surface area contributed by atoms with Crippen LogP contribution in [-0.4, -0.2) is 12.5 Å². The molecule has 12 heavy (non-hydrogen) atoms. The number of fused-ring (bicyclic) bond motifs is 1. The monoisotopic (exact) mass is 166 g/mol. The van der Waals surface area contributed by atoms with Crippen LogP contribution in [0.3, 0.4) is 0 Å². The Morgan fingerprint density at radius 3 is 2.42 bits per heavy atom. The Labute approximate surface area is 76.0 Å². The van der Waals surface area contributed by atoms with Gasteiger partial charge in [-0.25, -0.2) is 0 Å². The van der Waals surface area contributed by atoms with E-state index >= 15 is 0 Å². The molecule has 2 aliphatic rings. The van der Waals surface area contributed by atoms with Gasteiger partial charge in [-0.1, -0.05) is 27.1 Å². The summed E-state index contributed by atoms with van der Waals surface area (Å²) in [6, 6.07) is 0. The normalized spacial score (nSPS) is 42.2. The van der Waals surface area contributed by atoms with Gasteiger partial charge in [-0.3, -0.25) is 0 Å². The zero-order valence-electron chi connectivity index (χ0n) is 8.85.